The van der Waals surface area contributed by atoms with E-state index in [1.54, 1.807) is 6.92 Å². The fourth-order valence-corrected chi connectivity index (χ4v) is 9.61. The van der Waals surface area contributed by atoms with E-state index in [2.05, 4.69) is 27.3 Å². The average molecular weight is 1070 g/mol. The summed E-state index contributed by atoms with van der Waals surface area (Å²) in [7, 11) is -19.6. The molecule has 0 unspecified atom stereocenters. The van der Waals surface area contributed by atoms with Gasteiger partial charge < -0.3 is 44.2 Å². The van der Waals surface area contributed by atoms with Crippen LogP contribution in [-0.4, -0.2) is 76.8 Å². The van der Waals surface area contributed by atoms with Crippen LogP contribution in [0.25, 0.3) is 21.5 Å². The number of methoxy groups -OCH3 is 1. The quantitative estimate of drug-likeness (QED) is 0.0474. The molecule has 4 amide bonds. The Morgan fingerprint density at radius 1 is 0.522 bits per heavy atom. The van der Waals surface area contributed by atoms with E-state index in [1.807, 2.05) is 0 Å². The fraction of sp³-hybridized carbons (Fsp3) is 0.125. The molecule has 0 spiro atoms. The van der Waals surface area contributed by atoms with Gasteiger partial charge in [-0.15, -0.1) is 5.39 Å². The minimum absolute atomic E-state index is 0. The fourth-order valence-electron chi connectivity index (χ4n) is 6.80. The average Bonchev–Trinajstić information content (AvgIpc) is 3.19. The smallest absolute Gasteiger partial charge is 0.754 e. The third-order valence-corrected chi connectivity index (χ3v) is 13.1. The molecule has 0 atom stereocenters. The van der Waals surface area contributed by atoms with E-state index < -0.39 is 99.4 Å². The predicted octanol–water partition coefficient (Wildman–Crippen LogP) is -10.4. The van der Waals surface area contributed by atoms with Gasteiger partial charge in [-0.2, -0.15) is 18.2 Å². The zero-order valence-corrected chi connectivity index (χ0v) is 51.4. The van der Waals surface area contributed by atoms with Crippen LogP contribution in [0.5, 0.6) is 0 Å². The summed E-state index contributed by atoms with van der Waals surface area (Å²) in [6.07, 6.45) is 0.325. The van der Waals surface area contributed by atoms with Crippen molar-refractivity contribution in [1.29, 1.82) is 0 Å². The van der Waals surface area contributed by atoms with Gasteiger partial charge in [0.1, 0.15) is 30.4 Å². The second-order valence-electron chi connectivity index (χ2n) is 13.9. The summed E-state index contributed by atoms with van der Waals surface area (Å²) in [6, 6.07) is 16.9. The zero-order valence-electron chi connectivity index (χ0n) is 38.2. The van der Waals surface area contributed by atoms with Crippen molar-refractivity contribution in [3.8, 4) is 0 Å². The number of hydrogen-bond acceptors (Lipinski definition) is 16. The number of ether oxygens (including phenoxy) is 1. The van der Waals surface area contributed by atoms with E-state index in [9.17, 15) is 66.3 Å². The molecule has 0 aromatic heterocycles. The number of aryl methyl sites for hydroxylation is 2. The number of rotatable bonds is 13. The van der Waals surface area contributed by atoms with Gasteiger partial charge in [0.2, 0.25) is 0 Å². The van der Waals surface area contributed by atoms with Gasteiger partial charge in [0.05, 0.1) is 32.2 Å². The van der Waals surface area contributed by atoms with Crippen molar-refractivity contribution in [1.82, 2.24) is 0 Å². The summed E-state index contributed by atoms with van der Waals surface area (Å²) < 4.78 is 151. The molecule has 0 bridgehead atoms. The van der Waals surface area contributed by atoms with Gasteiger partial charge in [-0.3, -0.25) is 18.0 Å². The minimum atomic E-state index is -5.30. The maximum atomic E-state index is 13.7. The van der Waals surface area contributed by atoms with E-state index in [-0.39, 0.29) is 194 Å². The summed E-state index contributed by atoms with van der Waals surface area (Å²) in [5, 5.41) is 8.07. The molecular weight excluding hydrogens is 1040 g/mol. The molecule has 0 saturated carbocycles. The van der Waals surface area contributed by atoms with Gasteiger partial charge in [-0.1, -0.05) is 36.6 Å². The molecule has 6 aromatic rings. The molecule has 0 saturated heterocycles. The van der Waals surface area contributed by atoms with Gasteiger partial charge in [0.15, 0.2) is 0 Å². The van der Waals surface area contributed by atoms with Crippen LogP contribution in [0.1, 0.15) is 44.3 Å². The topological polar surface area (TPSA) is 337 Å². The standard InChI is InChI=1S/C40H35N4O16S4.5Na/c1-4-22-8-9-23(38(45)42-29-13-15-33(62(51,52)53)27-16-21(2)17-35(37(27)29)64(57,58)59)18-30(22)43-40(47)44-31-19-24(10-11-25(31)20-60-3)39(46)41-28-12-14-32(61(48,49)50)26-6-5-7-34(36(26)28)63(54,55)56;;;;;/h6-19H,4,20H2,1-3H3,(H,41,46)(H,42,45)(H2,43,44,47)(H,48,49,50)(H,51,52,53)(H,54,55,56)(H,57,58,59);;;;;/q-1;5*+1/p-4. The predicted molar refractivity (Wildman–Crippen MR) is 225 cm³/mol. The number of amides is 4. The Balaban J connectivity index is 0.00000476. The van der Waals surface area contributed by atoms with E-state index >= 15 is 0 Å². The molecule has 6 rings (SSSR count). The van der Waals surface area contributed by atoms with Gasteiger partial charge >= 0.3 is 154 Å². The Bertz CT molecular complexity index is 3440. The van der Waals surface area contributed by atoms with E-state index in [4.69, 9.17) is 4.74 Å². The van der Waals surface area contributed by atoms with E-state index in [1.165, 1.54) is 56.5 Å². The number of carbonyl (C=O) groups is 3. The van der Waals surface area contributed by atoms with Crippen molar-refractivity contribution in [2.75, 3.05) is 28.4 Å². The molecule has 0 radical (unpaired) electrons. The first kappa shape index (κ1) is 65.7. The largest absolute Gasteiger partial charge is 1.00 e. The summed E-state index contributed by atoms with van der Waals surface area (Å²) in [4.78, 5) is 37.3. The number of fused-ring (bicyclic) bond motifs is 2. The van der Waals surface area contributed by atoms with Crippen LogP contribution in [0, 0.1) is 13.0 Å². The minimum Gasteiger partial charge on any atom is -0.754 e. The molecule has 0 aliphatic heterocycles. The molecule has 336 valence electrons. The summed E-state index contributed by atoms with van der Waals surface area (Å²) in [6.45, 7) is 3.02. The molecule has 69 heavy (non-hydrogen) atoms. The number of carbonyl (C=O) groups excluding carboxylic acids is 3. The van der Waals surface area contributed by atoms with Gasteiger partial charge in [-0.05, 0) is 77.9 Å². The van der Waals surface area contributed by atoms with Gasteiger partial charge in [-0.25, -0.2) is 30.0 Å². The number of nitrogens with one attached hydrogen (secondary N) is 4. The van der Waals surface area contributed by atoms with E-state index in [0.29, 0.717) is 17.5 Å². The van der Waals surface area contributed by atoms with E-state index in [0.717, 1.165) is 42.5 Å². The van der Waals surface area contributed by atoms with Crippen LogP contribution in [0.15, 0.2) is 105 Å². The van der Waals surface area contributed by atoms with Crippen LogP contribution in [0.2, 0.25) is 0 Å². The van der Waals surface area contributed by atoms with Crippen LogP contribution >= 0.6 is 0 Å². The first-order valence-corrected chi connectivity index (χ1v) is 23.8. The van der Waals surface area contributed by atoms with Crippen LogP contribution in [0.4, 0.5) is 27.5 Å². The molecule has 0 aliphatic rings. The van der Waals surface area contributed by atoms with Crippen molar-refractivity contribution in [2.45, 2.75) is 46.5 Å². The molecule has 20 nitrogen and oxygen atoms in total. The van der Waals surface area contributed by atoms with Crippen LogP contribution < -0.4 is 169 Å². The third kappa shape index (κ3) is 15.6. The molecule has 0 aliphatic carbocycles. The first-order chi connectivity index (χ1) is 29.8. The van der Waals surface area contributed by atoms with Gasteiger partial charge in [0, 0.05) is 56.5 Å². The zero-order chi connectivity index (χ0) is 47.1. The van der Waals surface area contributed by atoms with Gasteiger partial charge in [0.25, 0.3) is 11.8 Å². The van der Waals surface area contributed by atoms with Crippen molar-refractivity contribution in [3.05, 3.63) is 119 Å². The molecule has 0 heterocycles. The number of hydrogen-bond donors (Lipinski definition) is 4. The van der Waals surface area contributed by atoms with Crippen molar-refractivity contribution >= 4 is 103 Å². The van der Waals surface area contributed by atoms with Crippen molar-refractivity contribution in [2.24, 2.45) is 0 Å². The Morgan fingerprint density at radius 2 is 0.957 bits per heavy atom. The maximum Gasteiger partial charge on any atom is 1.00 e. The van der Waals surface area contributed by atoms with Crippen molar-refractivity contribution in [3.63, 3.8) is 0 Å². The number of benzene rings is 6. The summed E-state index contributed by atoms with van der Waals surface area (Å²) in [5.74, 6) is -1.84. The molecule has 0 fully saturated rings. The Hall–Kier alpha value is -1.35. The molecule has 29 heteroatoms. The molecule has 6 aromatic carbocycles. The maximum absolute atomic E-state index is 13.7. The van der Waals surface area contributed by atoms with Crippen LogP contribution in [0.3, 0.4) is 0 Å². The Morgan fingerprint density at radius 3 is 1.41 bits per heavy atom. The second-order valence-corrected chi connectivity index (χ2v) is 19.2. The Labute approximate surface area is 507 Å². The summed E-state index contributed by atoms with van der Waals surface area (Å²) >= 11 is 0. The van der Waals surface area contributed by atoms with Crippen molar-refractivity contribution < 1.29 is 219 Å². The third-order valence-electron chi connectivity index (χ3n) is 9.57. The molecular formula is C40H31N4Na5O16S4. The summed E-state index contributed by atoms with van der Waals surface area (Å²) in [5.41, 5.74) is 0.177. The second kappa shape index (κ2) is 26.2. The molecule has 4 N–H and O–H groups in total. The first-order valence-electron chi connectivity index (χ1n) is 18.1. The monoisotopic (exact) mass is 1070 g/mol. The number of urea groups is 1. The van der Waals surface area contributed by atoms with Crippen LogP contribution in [-0.2, 0) is 58.2 Å². The Kier molecular flexibility index (Phi) is 25.0. The number of anilines is 4. The SMILES string of the molecule is CCc1ccc(C(=O)Nc2ccc(S(=O)(=O)[O-])c3cc(C)cc(S(=O)(=O)[O-])c23)cc1NC(=O)Nc1cc(C(=O)Nc2ccc(S(=O)(=O)[O-])c3c[c-]cc(S(=O)(=O)[O-])c23)ccc1COC.[Na+].[Na+].[Na+].[Na+].[Na+]. The normalized spacial score (nSPS) is 11.3.